The first-order valence-corrected chi connectivity index (χ1v) is 11.7. The van der Waals surface area contributed by atoms with E-state index in [1.807, 2.05) is 59.3 Å². The third-order valence-corrected chi connectivity index (χ3v) is 6.76. The van der Waals surface area contributed by atoms with Crippen LogP contribution in [0.1, 0.15) is 27.0 Å². The third-order valence-electron chi connectivity index (χ3n) is 5.91. The number of rotatable bonds is 4. The number of para-hydroxylation sites is 1. The lowest BCUT2D eigenvalue weighted by Gasteiger charge is -2.34. The molecular formula is C24H23N5O3S. The molecular weight excluding hydrogens is 438 g/mol. The Bertz CT molecular complexity index is 1320. The van der Waals surface area contributed by atoms with E-state index < -0.39 is 0 Å². The van der Waals surface area contributed by atoms with Crippen LogP contribution in [0.15, 0.2) is 65.0 Å². The van der Waals surface area contributed by atoms with Crippen molar-refractivity contribution in [3.8, 4) is 16.9 Å². The number of benzene rings is 1. The van der Waals surface area contributed by atoms with Crippen LogP contribution in [-0.4, -0.2) is 62.1 Å². The van der Waals surface area contributed by atoms with Gasteiger partial charge in [-0.05, 0) is 30.5 Å². The van der Waals surface area contributed by atoms with Gasteiger partial charge in [0, 0.05) is 45.1 Å². The largest absolute Gasteiger partial charge is 0.353 e. The molecule has 5 rings (SSSR count). The maximum Gasteiger partial charge on any atom is 0.282 e. The van der Waals surface area contributed by atoms with Gasteiger partial charge in [-0.15, -0.1) is 11.3 Å². The fourth-order valence-electron chi connectivity index (χ4n) is 4.08. The number of aryl methyl sites for hydroxylation is 1. The van der Waals surface area contributed by atoms with Gasteiger partial charge in [-0.2, -0.15) is 9.78 Å². The molecule has 2 amide bonds. The van der Waals surface area contributed by atoms with Gasteiger partial charge in [0.15, 0.2) is 0 Å². The summed E-state index contributed by atoms with van der Waals surface area (Å²) < 4.78 is 3.18. The molecule has 168 valence electrons. The molecule has 1 aromatic heterocycles. The smallest absolute Gasteiger partial charge is 0.282 e. The van der Waals surface area contributed by atoms with Gasteiger partial charge in [0.1, 0.15) is 5.69 Å². The highest BCUT2D eigenvalue weighted by Gasteiger charge is 2.30. The van der Waals surface area contributed by atoms with Crippen molar-refractivity contribution in [2.45, 2.75) is 13.5 Å². The van der Waals surface area contributed by atoms with Gasteiger partial charge in [-0.1, -0.05) is 24.3 Å². The highest BCUT2D eigenvalue weighted by Crippen LogP contribution is 2.24. The molecule has 8 nitrogen and oxygen atoms in total. The first kappa shape index (κ1) is 21.1. The Kier molecular flexibility index (Phi) is 5.55. The summed E-state index contributed by atoms with van der Waals surface area (Å²) in [6.45, 7) is 4.38. The fraction of sp³-hybridized carbons (Fsp3) is 0.250. The zero-order chi connectivity index (χ0) is 22.9. The first-order chi connectivity index (χ1) is 16.1. The molecule has 3 aliphatic rings. The van der Waals surface area contributed by atoms with Crippen LogP contribution in [0.3, 0.4) is 0 Å². The van der Waals surface area contributed by atoms with Gasteiger partial charge in [-0.25, -0.2) is 0 Å². The van der Waals surface area contributed by atoms with Crippen molar-refractivity contribution in [3.05, 3.63) is 81.0 Å². The lowest BCUT2D eigenvalue weighted by Crippen LogP contribution is -2.50. The van der Waals surface area contributed by atoms with Crippen LogP contribution in [0.2, 0.25) is 0 Å². The minimum Gasteiger partial charge on any atom is -0.353 e. The number of piperazine rings is 1. The average Bonchev–Trinajstić information content (AvgIpc) is 3.52. The van der Waals surface area contributed by atoms with Gasteiger partial charge < -0.3 is 14.4 Å². The van der Waals surface area contributed by atoms with Gasteiger partial charge in [0.2, 0.25) is 0 Å². The minimum atomic E-state index is -0.251. The summed E-state index contributed by atoms with van der Waals surface area (Å²) in [5, 5.41) is 6.42. The Hall–Kier alpha value is -3.72. The average molecular weight is 462 g/mol. The number of pyridine rings is 1. The Labute approximate surface area is 194 Å². The summed E-state index contributed by atoms with van der Waals surface area (Å²) in [4.78, 5) is 43.4. The van der Waals surface area contributed by atoms with Gasteiger partial charge in [0.25, 0.3) is 17.4 Å². The molecule has 3 aliphatic heterocycles. The van der Waals surface area contributed by atoms with Crippen molar-refractivity contribution in [1.82, 2.24) is 24.1 Å². The Balaban J connectivity index is 1.44. The van der Waals surface area contributed by atoms with Crippen molar-refractivity contribution in [2.24, 2.45) is 0 Å². The molecule has 0 bridgehead atoms. The summed E-state index contributed by atoms with van der Waals surface area (Å²) in [7, 11) is 0. The zero-order valence-corrected chi connectivity index (χ0v) is 19.0. The summed E-state index contributed by atoms with van der Waals surface area (Å²) in [5.74, 6) is -0.177. The maximum atomic E-state index is 13.5. The molecule has 0 saturated carbocycles. The lowest BCUT2D eigenvalue weighted by molar-refractivity contribution is 0.0538. The van der Waals surface area contributed by atoms with Gasteiger partial charge in [0.05, 0.1) is 21.7 Å². The van der Waals surface area contributed by atoms with Gasteiger partial charge in [-0.3, -0.25) is 14.4 Å². The van der Waals surface area contributed by atoms with E-state index in [1.165, 1.54) is 16.0 Å². The SMILES string of the molecule is CCn1cc(C(=O)N2CCN(C(=O)c3cccs3)CC2)c2nn(-c3ccccc3)c(=O)c-2c1. The third kappa shape index (κ3) is 3.84. The van der Waals surface area contributed by atoms with Crippen LogP contribution in [0.4, 0.5) is 0 Å². The first-order valence-electron chi connectivity index (χ1n) is 10.9. The van der Waals surface area contributed by atoms with Crippen molar-refractivity contribution >= 4 is 23.2 Å². The summed E-state index contributed by atoms with van der Waals surface area (Å²) in [5.41, 5.74) is 1.62. The van der Waals surface area contributed by atoms with Crippen molar-refractivity contribution < 1.29 is 9.59 Å². The van der Waals surface area contributed by atoms with Crippen molar-refractivity contribution in [1.29, 1.82) is 0 Å². The molecule has 0 spiro atoms. The maximum absolute atomic E-state index is 13.5. The van der Waals surface area contributed by atoms with E-state index in [0.29, 0.717) is 60.1 Å². The molecule has 33 heavy (non-hydrogen) atoms. The summed E-state index contributed by atoms with van der Waals surface area (Å²) >= 11 is 1.42. The van der Waals surface area contributed by atoms with Crippen molar-refractivity contribution in [3.63, 3.8) is 0 Å². The van der Waals surface area contributed by atoms with E-state index in [0.717, 1.165) is 0 Å². The van der Waals surface area contributed by atoms with E-state index in [2.05, 4.69) is 5.10 Å². The number of thiophene rings is 1. The Morgan fingerprint density at radius 2 is 1.64 bits per heavy atom. The van der Waals surface area contributed by atoms with E-state index >= 15 is 0 Å². The highest BCUT2D eigenvalue weighted by atomic mass is 32.1. The van der Waals surface area contributed by atoms with E-state index in [-0.39, 0.29) is 17.4 Å². The summed E-state index contributed by atoms with van der Waals surface area (Å²) in [6.07, 6.45) is 3.51. The zero-order valence-electron chi connectivity index (χ0n) is 18.2. The number of aromatic nitrogens is 3. The number of hydrogen-bond acceptors (Lipinski definition) is 5. The molecule has 0 unspecified atom stereocenters. The predicted molar refractivity (Wildman–Crippen MR) is 126 cm³/mol. The number of hydrogen-bond donors (Lipinski definition) is 0. The monoisotopic (exact) mass is 461 g/mol. The topological polar surface area (TPSA) is 80.4 Å². The van der Waals surface area contributed by atoms with Crippen LogP contribution in [0.5, 0.6) is 0 Å². The molecule has 0 atom stereocenters. The van der Waals surface area contributed by atoms with Crippen LogP contribution < -0.4 is 5.56 Å². The molecule has 0 aliphatic carbocycles. The number of nitrogens with zero attached hydrogens (tertiary/aromatic N) is 5. The number of carbonyl (C=O) groups is 2. The van der Waals surface area contributed by atoms with E-state index in [4.69, 9.17) is 0 Å². The normalized spacial score (nSPS) is 14.1. The molecule has 2 aromatic rings. The van der Waals surface area contributed by atoms with Crippen molar-refractivity contribution in [2.75, 3.05) is 26.2 Å². The molecule has 4 heterocycles. The Morgan fingerprint density at radius 1 is 0.939 bits per heavy atom. The molecule has 1 aromatic carbocycles. The highest BCUT2D eigenvalue weighted by molar-refractivity contribution is 7.12. The minimum absolute atomic E-state index is 0.000580. The standard InChI is InChI=1S/C24H23N5O3S/c1-2-26-15-18(21-19(16-26)23(31)29(25-21)17-7-4-3-5-8-17)22(30)27-10-12-28(13-11-27)24(32)20-9-6-14-33-20/h3-9,14-16H,2,10-13H2,1H3. The lowest BCUT2D eigenvalue weighted by atomic mass is 10.1. The molecule has 1 saturated heterocycles. The van der Waals surface area contributed by atoms with Gasteiger partial charge >= 0.3 is 0 Å². The predicted octanol–water partition coefficient (Wildman–Crippen LogP) is 2.82. The van der Waals surface area contributed by atoms with Crippen LogP contribution in [0, 0.1) is 0 Å². The number of carbonyl (C=O) groups excluding carboxylic acids is 2. The summed E-state index contributed by atoms with van der Waals surface area (Å²) in [6, 6.07) is 12.9. The molecule has 1 fully saturated rings. The second-order valence-electron chi connectivity index (χ2n) is 7.88. The molecule has 0 radical (unpaired) electrons. The Morgan fingerprint density at radius 3 is 2.27 bits per heavy atom. The second kappa shape index (κ2) is 8.67. The van der Waals surface area contributed by atoms with Crippen LogP contribution in [-0.2, 0) is 6.54 Å². The fourth-order valence-corrected chi connectivity index (χ4v) is 4.77. The van der Waals surface area contributed by atoms with Crippen LogP contribution in [0.25, 0.3) is 16.9 Å². The quantitative estimate of drug-likeness (QED) is 0.468. The van der Waals surface area contributed by atoms with E-state index in [1.54, 1.807) is 22.2 Å². The second-order valence-corrected chi connectivity index (χ2v) is 8.83. The number of amides is 2. The van der Waals surface area contributed by atoms with E-state index in [9.17, 15) is 14.4 Å². The molecule has 0 N–H and O–H groups in total. The van der Waals surface area contributed by atoms with Crippen LogP contribution >= 0.6 is 11.3 Å². The number of fused-ring (bicyclic) bond motifs is 1. The molecule has 9 heteroatoms.